The van der Waals surface area contributed by atoms with E-state index >= 15 is 0 Å². The molecule has 0 bridgehead atoms. The average Bonchev–Trinajstić information content (AvgIpc) is 2.29. The fraction of sp³-hybridized carbons (Fsp3) is 0. The molecular weight excluding hydrogens is 256 g/mol. The molecule has 0 saturated carbocycles. The molecular formula is C12H12O5S. The summed E-state index contributed by atoms with van der Waals surface area (Å²) in [5.41, 5.74) is 0. The third-order valence-corrected chi connectivity index (χ3v) is 4.77. The van der Waals surface area contributed by atoms with Gasteiger partial charge in [-0.2, -0.15) is 0 Å². The van der Waals surface area contributed by atoms with E-state index in [1.807, 2.05) is 0 Å². The largest absolute Gasteiger partial charge is 0.508 e. The Morgan fingerprint density at radius 2 is 0.944 bits per heavy atom. The standard InChI is InChI=1S/C12H12O5S/c13-9-1-5-11(6-2-9)18(15,16,17)12-7-3-10(14)4-8-12/h1-8,13-14H,(H2,15,16,17). The van der Waals surface area contributed by atoms with Crippen molar-refractivity contribution in [2.24, 2.45) is 0 Å². The van der Waals surface area contributed by atoms with Gasteiger partial charge in [0.1, 0.15) is 21.1 Å². The number of hydrogen-bond acceptors (Lipinski definition) is 3. The fourth-order valence-corrected chi connectivity index (χ4v) is 3.04. The first kappa shape index (κ1) is 12.6. The zero-order valence-electron chi connectivity index (χ0n) is 9.22. The summed E-state index contributed by atoms with van der Waals surface area (Å²) >= 11 is 0. The Labute approximate surface area is 103 Å². The number of benzene rings is 2. The van der Waals surface area contributed by atoms with Crippen LogP contribution in [0, 0.1) is 0 Å². The second-order valence-corrected chi connectivity index (χ2v) is 6.52. The lowest BCUT2D eigenvalue weighted by Crippen LogP contribution is -2.31. The second-order valence-electron chi connectivity index (χ2n) is 3.85. The topological polar surface area (TPSA) is 98.0 Å². The molecule has 5 nitrogen and oxygen atoms in total. The first-order valence-corrected chi connectivity index (χ1v) is 6.91. The Kier molecular flexibility index (Phi) is 2.66. The molecule has 96 valence electrons. The molecule has 0 atom stereocenters. The zero-order valence-corrected chi connectivity index (χ0v) is 10.0. The minimum atomic E-state index is -5.18. The molecule has 0 saturated heterocycles. The van der Waals surface area contributed by atoms with Gasteiger partial charge in [0, 0.05) is 0 Å². The number of rotatable bonds is 2. The lowest BCUT2D eigenvalue weighted by molar-refractivity contribution is 0.389. The van der Waals surface area contributed by atoms with Crippen LogP contribution in [0.5, 0.6) is 11.5 Å². The Hall–Kier alpha value is -1.89. The van der Waals surface area contributed by atoms with Gasteiger partial charge in [-0.15, -0.1) is 0 Å². The van der Waals surface area contributed by atoms with E-state index < -0.39 is 9.63 Å². The Morgan fingerprint density at radius 1 is 0.667 bits per heavy atom. The van der Waals surface area contributed by atoms with Crippen LogP contribution in [0.3, 0.4) is 0 Å². The summed E-state index contributed by atoms with van der Waals surface area (Å²) in [5.74, 6) is -0.153. The van der Waals surface area contributed by atoms with E-state index in [0.717, 1.165) is 24.3 Å². The number of hydrogen-bond donors (Lipinski definition) is 4. The molecule has 0 unspecified atom stereocenters. The third-order valence-electron chi connectivity index (χ3n) is 2.52. The number of aromatic hydroxyl groups is 2. The maximum atomic E-state index is 12.4. The van der Waals surface area contributed by atoms with Crippen LogP contribution >= 0.6 is 0 Å². The summed E-state index contributed by atoms with van der Waals surface area (Å²) in [4.78, 5) is -0.453. The van der Waals surface area contributed by atoms with Gasteiger partial charge in [0.15, 0.2) is 0 Å². The monoisotopic (exact) mass is 268 g/mol. The van der Waals surface area contributed by atoms with Crippen LogP contribution in [0.15, 0.2) is 58.3 Å². The van der Waals surface area contributed by atoms with Crippen LogP contribution < -0.4 is 0 Å². The van der Waals surface area contributed by atoms with Crippen molar-refractivity contribution in [2.45, 2.75) is 9.79 Å². The van der Waals surface area contributed by atoms with Crippen molar-refractivity contribution < 1.29 is 23.5 Å². The van der Waals surface area contributed by atoms with Crippen molar-refractivity contribution in [1.29, 1.82) is 0 Å². The first-order chi connectivity index (χ1) is 8.28. The molecule has 0 aliphatic heterocycles. The fourth-order valence-electron chi connectivity index (χ4n) is 1.52. The van der Waals surface area contributed by atoms with E-state index in [9.17, 15) is 13.3 Å². The third kappa shape index (κ3) is 2.08. The first-order valence-electron chi connectivity index (χ1n) is 5.03. The van der Waals surface area contributed by atoms with Crippen LogP contribution in [-0.4, -0.2) is 23.5 Å². The molecule has 0 spiro atoms. The van der Waals surface area contributed by atoms with E-state index in [1.165, 1.54) is 24.3 Å². The molecule has 18 heavy (non-hydrogen) atoms. The highest BCUT2D eigenvalue weighted by Gasteiger charge is 2.35. The van der Waals surface area contributed by atoms with E-state index in [2.05, 4.69) is 0 Å². The minimum absolute atomic E-state index is 0.0763. The van der Waals surface area contributed by atoms with Crippen molar-refractivity contribution in [3.63, 3.8) is 0 Å². The normalized spacial score (nSPS) is 13.8. The van der Waals surface area contributed by atoms with Crippen molar-refractivity contribution in [2.75, 3.05) is 0 Å². The highest BCUT2D eigenvalue weighted by Crippen LogP contribution is 2.38. The maximum absolute atomic E-state index is 12.4. The highest BCUT2D eigenvalue weighted by atomic mass is 32.3. The Bertz CT molecular complexity index is 573. The Morgan fingerprint density at radius 3 is 1.22 bits per heavy atom. The number of phenolic OH excluding ortho intramolecular Hbond substituents is 2. The average molecular weight is 268 g/mol. The van der Waals surface area contributed by atoms with Gasteiger partial charge >= 0.3 is 0 Å². The van der Waals surface area contributed by atoms with Crippen molar-refractivity contribution >= 4 is 9.63 Å². The zero-order chi connectivity index (χ0) is 13.4. The summed E-state index contributed by atoms with van der Waals surface area (Å²) < 4.78 is 32.5. The SMILES string of the molecule is O=S(O)(O)(c1ccc(O)cc1)c1ccc(O)cc1. The maximum Gasteiger partial charge on any atom is 0.135 e. The van der Waals surface area contributed by atoms with E-state index in [0.29, 0.717) is 0 Å². The highest BCUT2D eigenvalue weighted by molar-refractivity contribution is 8.10. The molecule has 0 aliphatic rings. The van der Waals surface area contributed by atoms with Gasteiger partial charge < -0.3 is 19.3 Å². The predicted octanol–water partition coefficient (Wildman–Crippen LogP) is 2.28. The van der Waals surface area contributed by atoms with Crippen LogP contribution in [0.25, 0.3) is 0 Å². The molecule has 4 N–H and O–H groups in total. The van der Waals surface area contributed by atoms with Crippen LogP contribution in [0.2, 0.25) is 0 Å². The lowest BCUT2D eigenvalue weighted by atomic mass is 10.3. The molecule has 0 heterocycles. The Balaban J connectivity index is 2.60. The molecule has 0 aromatic heterocycles. The van der Waals surface area contributed by atoms with E-state index in [-0.39, 0.29) is 21.3 Å². The molecule has 2 rings (SSSR count). The van der Waals surface area contributed by atoms with E-state index in [1.54, 1.807) is 0 Å². The van der Waals surface area contributed by atoms with Gasteiger partial charge in [0.25, 0.3) is 0 Å². The molecule has 2 aromatic carbocycles. The van der Waals surface area contributed by atoms with Crippen molar-refractivity contribution in [3.8, 4) is 11.5 Å². The molecule has 0 amide bonds. The minimum Gasteiger partial charge on any atom is -0.508 e. The quantitative estimate of drug-likeness (QED) is 0.670. The molecule has 0 fully saturated rings. The summed E-state index contributed by atoms with van der Waals surface area (Å²) in [6.45, 7) is 0. The molecule has 6 heteroatoms. The summed E-state index contributed by atoms with van der Waals surface area (Å²) in [7, 11) is -5.18. The van der Waals surface area contributed by atoms with Gasteiger partial charge in [-0.05, 0) is 48.5 Å². The van der Waals surface area contributed by atoms with Gasteiger partial charge in [-0.25, -0.2) is 4.21 Å². The van der Waals surface area contributed by atoms with E-state index in [4.69, 9.17) is 10.2 Å². The van der Waals surface area contributed by atoms with Crippen LogP contribution in [0.4, 0.5) is 0 Å². The number of phenols is 2. The molecule has 0 radical (unpaired) electrons. The van der Waals surface area contributed by atoms with Crippen molar-refractivity contribution in [1.82, 2.24) is 0 Å². The van der Waals surface area contributed by atoms with Crippen LogP contribution in [-0.2, 0) is 9.63 Å². The molecule has 2 aromatic rings. The van der Waals surface area contributed by atoms with Gasteiger partial charge in [0.2, 0.25) is 0 Å². The predicted molar refractivity (Wildman–Crippen MR) is 66.1 cm³/mol. The smallest absolute Gasteiger partial charge is 0.135 e. The second kappa shape index (κ2) is 3.81. The summed E-state index contributed by atoms with van der Waals surface area (Å²) in [5, 5.41) is 18.3. The summed E-state index contributed by atoms with van der Waals surface area (Å²) in [6.07, 6.45) is 0. The van der Waals surface area contributed by atoms with Gasteiger partial charge in [-0.3, -0.25) is 0 Å². The lowest BCUT2D eigenvalue weighted by Gasteiger charge is -2.31. The van der Waals surface area contributed by atoms with Crippen molar-refractivity contribution in [3.05, 3.63) is 48.5 Å². The van der Waals surface area contributed by atoms with Gasteiger partial charge in [-0.1, -0.05) is 0 Å². The molecule has 0 aliphatic carbocycles. The summed E-state index contributed by atoms with van der Waals surface area (Å²) in [6, 6.07) is 9.47. The van der Waals surface area contributed by atoms with Crippen LogP contribution in [0.1, 0.15) is 0 Å². The van der Waals surface area contributed by atoms with Gasteiger partial charge in [0.05, 0.1) is 9.79 Å².